The molecule has 3 rings (SSSR count). The van der Waals surface area contributed by atoms with Gasteiger partial charge in [0.25, 0.3) is 0 Å². The van der Waals surface area contributed by atoms with Crippen molar-refractivity contribution in [3.8, 4) is 0 Å². The number of aliphatic hydroxyl groups is 2. The van der Waals surface area contributed by atoms with Crippen LogP contribution in [-0.4, -0.2) is 192 Å². The highest BCUT2D eigenvalue weighted by molar-refractivity contribution is 5.84. The van der Waals surface area contributed by atoms with Crippen molar-refractivity contribution in [2.75, 3.05) is 27.4 Å². The maximum atomic E-state index is 14.5. The number of rotatable bonds is 20. The number of amides is 2. The van der Waals surface area contributed by atoms with Crippen LogP contribution in [0.25, 0.3) is 0 Å². The lowest BCUT2D eigenvalue weighted by Crippen LogP contribution is -2.77. The molecule has 0 radical (unpaired) electrons. The average Bonchev–Trinajstić information content (AvgIpc) is 3.28. The van der Waals surface area contributed by atoms with Crippen LogP contribution < -0.4 is 10.6 Å². The fraction of sp³-hybridized carbons (Fsp3) is 0.739. The topological polar surface area (TPSA) is 380 Å². The van der Waals surface area contributed by atoms with Crippen LogP contribution in [0, 0.1) is 0 Å². The van der Waals surface area contributed by atoms with Crippen LogP contribution in [0.1, 0.15) is 108 Å². The molecule has 12 atom stereocenters. The lowest BCUT2D eigenvalue weighted by atomic mass is 9.60. The first-order valence-corrected chi connectivity index (χ1v) is 23.1. The molecular formula is C46H66N2O26. The van der Waals surface area contributed by atoms with Gasteiger partial charge in [-0.25, -0.2) is 9.59 Å². The number of nitrogens with one attached hydrogen (secondary N) is 2. The van der Waals surface area contributed by atoms with Crippen molar-refractivity contribution in [3.63, 3.8) is 0 Å². The maximum absolute atomic E-state index is 14.5. The van der Waals surface area contributed by atoms with Gasteiger partial charge >= 0.3 is 59.7 Å². The Morgan fingerprint density at radius 2 is 0.770 bits per heavy atom. The summed E-state index contributed by atoms with van der Waals surface area (Å²) in [4.78, 5) is 155. The maximum Gasteiger partial charge on any atom is 0.341 e. The molecule has 28 heteroatoms. The van der Waals surface area contributed by atoms with Gasteiger partial charge in [0.15, 0.2) is 35.6 Å². The first kappa shape index (κ1) is 61.8. The van der Waals surface area contributed by atoms with E-state index in [1.807, 2.05) is 0 Å². The molecule has 2 heterocycles. The number of esters is 10. The van der Waals surface area contributed by atoms with E-state index < -0.39 is 207 Å². The first-order chi connectivity index (χ1) is 34.3. The molecule has 0 unspecified atom stereocenters. The smallest absolute Gasteiger partial charge is 0.341 e. The highest BCUT2D eigenvalue weighted by Crippen LogP contribution is 2.54. The van der Waals surface area contributed by atoms with E-state index in [4.69, 9.17) is 56.8 Å². The van der Waals surface area contributed by atoms with E-state index in [0.717, 1.165) is 83.5 Å². The fourth-order valence-electron chi connectivity index (χ4n) is 9.74. The van der Waals surface area contributed by atoms with E-state index in [-0.39, 0.29) is 0 Å². The molecule has 416 valence electrons. The minimum atomic E-state index is -2.80. The first-order valence-electron chi connectivity index (χ1n) is 23.1. The average molecular weight is 1060 g/mol. The lowest BCUT2D eigenvalue weighted by Gasteiger charge is -2.59. The van der Waals surface area contributed by atoms with E-state index in [9.17, 15) is 67.7 Å². The van der Waals surface area contributed by atoms with Crippen molar-refractivity contribution in [2.24, 2.45) is 0 Å². The molecule has 1 saturated carbocycles. The standard InChI is InChI=1S/C46H66N2O26/c1-21(49)47-35-31(67-25(5)53)17-45(41(59)63-11,73-39(35)37(71-29(9)57)33(69-27(7)55)19-65-23(3)51)43(61)13-15-44(62,16-14-43)46(42(60)64-12)18-32(68-26(6)54)36(48-22(2)50)40(74-46)38(72-30(10)58)34(70-28(8)56)20-66-24(4)52/h31-40,61-62H,13-20H2,1-12H3,(H,47,49)(H,48,50)/t31-,32-,33+,34+,35+,36+,37+,38+,39+,40+,43?,44?,45+,46+/m0/s1. The zero-order chi connectivity index (χ0) is 56.3. The number of carbonyl (C=O) groups excluding carboxylic acids is 12. The molecule has 0 spiro atoms. The molecule has 74 heavy (non-hydrogen) atoms. The zero-order valence-electron chi connectivity index (χ0n) is 43.1. The van der Waals surface area contributed by atoms with Gasteiger partial charge in [-0.2, -0.15) is 0 Å². The normalized spacial score (nSPS) is 30.1. The molecule has 0 aromatic heterocycles. The van der Waals surface area contributed by atoms with Gasteiger partial charge in [-0.15, -0.1) is 0 Å². The minimum absolute atomic E-state index is 0.799. The van der Waals surface area contributed by atoms with Crippen LogP contribution in [0.2, 0.25) is 0 Å². The Hall–Kier alpha value is -6.52. The van der Waals surface area contributed by atoms with Crippen molar-refractivity contribution >= 4 is 71.5 Å². The summed E-state index contributed by atoms with van der Waals surface area (Å²) in [6.45, 7) is 8.17. The van der Waals surface area contributed by atoms with E-state index in [2.05, 4.69) is 10.6 Å². The summed E-state index contributed by atoms with van der Waals surface area (Å²) in [6.07, 6.45) is -19.9. The molecule has 2 aliphatic heterocycles. The predicted molar refractivity (Wildman–Crippen MR) is 239 cm³/mol. The van der Waals surface area contributed by atoms with E-state index in [0.29, 0.717) is 0 Å². The van der Waals surface area contributed by atoms with Gasteiger partial charge < -0.3 is 77.7 Å². The quantitative estimate of drug-likeness (QED) is 0.0768. The number of hydrogen-bond donors (Lipinski definition) is 4. The van der Waals surface area contributed by atoms with Crippen LogP contribution in [-0.2, 0) is 114 Å². The van der Waals surface area contributed by atoms with Crippen LogP contribution in [0.4, 0.5) is 0 Å². The Balaban J connectivity index is 2.41. The Labute approximate surface area is 424 Å². The Kier molecular flexibility index (Phi) is 21.4. The van der Waals surface area contributed by atoms with Crippen LogP contribution in [0.3, 0.4) is 0 Å². The molecule has 0 aromatic carbocycles. The molecule has 4 N–H and O–H groups in total. The zero-order valence-corrected chi connectivity index (χ0v) is 43.1. The number of ether oxygens (including phenoxy) is 12. The van der Waals surface area contributed by atoms with Gasteiger partial charge in [0.05, 0.1) is 26.3 Å². The second kappa shape index (κ2) is 25.6. The monoisotopic (exact) mass is 1060 g/mol. The molecule has 3 fully saturated rings. The Bertz CT molecular complexity index is 2010. The second-order valence-corrected chi connectivity index (χ2v) is 18.1. The summed E-state index contributed by atoms with van der Waals surface area (Å²) >= 11 is 0. The molecular weight excluding hydrogens is 996 g/mol. The third kappa shape index (κ3) is 14.8. The van der Waals surface area contributed by atoms with E-state index in [1.54, 1.807) is 0 Å². The van der Waals surface area contributed by atoms with Crippen molar-refractivity contribution < 1.29 is 125 Å². The summed E-state index contributed by atoms with van der Waals surface area (Å²) in [5.41, 5.74) is -10.9. The van der Waals surface area contributed by atoms with Crippen LogP contribution in [0.15, 0.2) is 0 Å². The number of hydrogen-bond acceptors (Lipinski definition) is 26. The van der Waals surface area contributed by atoms with Gasteiger partial charge in [-0.3, -0.25) is 47.9 Å². The van der Waals surface area contributed by atoms with E-state index in [1.165, 1.54) is 0 Å². The summed E-state index contributed by atoms with van der Waals surface area (Å²) in [7, 11) is 1.79. The van der Waals surface area contributed by atoms with Gasteiger partial charge in [-0.1, -0.05) is 0 Å². The van der Waals surface area contributed by atoms with Crippen molar-refractivity contribution in [1.29, 1.82) is 0 Å². The summed E-state index contributed by atoms with van der Waals surface area (Å²) in [5.74, 6) is -12.3. The van der Waals surface area contributed by atoms with E-state index >= 15 is 0 Å². The molecule has 2 saturated heterocycles. The third-order valence-corrected chi connectivity index (χ3v) is 12.5. The highest BCUT2D eigenvalue weighted by Gasteiger charge is 2.72. The summed E-state index contributed by atoms with van der Waals surface area (Å²) < 4.78 is 67.2. The third-order valence-electron chi connectivity index (χ3n) is 12.5. The fourth-order valence-corrected chi connectivity index (χ4v) is 9.74. The highest BCUT2D eigenvalue weighted by atomic mass is 16.7. The van der Waals surface area contributed by atoms with Crippen LogP contribution >= 0.6 is 0 Å². The number of carbonyl (C=O) groups is 12. The predicted octanol–water partition coefficient (Wildman–Crippen LogP) is -1.85. The lowest BCUT2D eigenvalue weighted by molar-refractivity contribution is -0.309. The largest absolute Gasteiger partial charge is 0.467 e. The Morgan fingerprint density at radius 3 is 1.00 bits per heavy atom. The molecule has 0 bridgehead atoms. The van der Waals surface area contributed by atoms with Crippen molar-refractivity contribution in [1.82, 2.24) is 10.6 Å². The Morgan fingerprint density at radius 1 is 0.473 bits per heavy atom. The van der Waals surface area contributed by atoms with Gasteiger partial charge in [-0.05, 0) is 25.7 Å². The van der Waals surface area contributed by atoms with Crippen molar-refractivity contribution in [3.05, 3.63) is 0 Å². The molecule has 1 aliphatic carbocycles. The molecule has 2 amide bonds. The van der Waals surface area contributed by atoms with Crippen molar-refractivity contribution in [2.45, 2.75) is 191 Å². The second-order valence-electron chi connectivity index (χ2n) is 18.1. The SMILES string of the molecule is COC(=O)[C@@]1(C2(O)CCC(O)([C@]3(C(=O)OC)C[C@H](OC(C)=O)[C@@H](NC(C)=O)[C@H]([C@H](OC(C)=O)[C@@H](COC(C)=O)OC(C)=O)O3)CC2)C[C@H](OC(C)=O)[C@@H](NC(C)=O)[C@H]([C@H](OC(C)=O)[C@@H](COC(C)=O)OC(C)=O)O1. The molecule has 28 nitrogen and oxygen atoms in total. The minimum Gasteiger partial charge on any atom is -0.467 e. The van der Waals surface area contributed by atoms with Gasteiger partial charge in [0.1, 0.15) is 48.8 Å². The summed E-state index contributed by atoms with van der Waals surface area (Å²) in [6, 6.07) is -3.24. The summed E-state index contributed by atoms with van der Waals surface area (Å²) in [5, 5.41) is 31.2. The molecule has 0 aromatic rings. The van der Waals surface area contributed by atoms with Crippen LogP contribution in [0.5, 0.6) is 0 Å². The number of methoxy groups -OCH3 is 2. The molecule has 3 aliphatic rings. The van der Waals surface area contributed by atoms with Gasteiger partial charge in [0.2, 0.25) is 11.8 Å². The van der Waals surface area contributed by atoms with Gasteiger partial charge in [0, 0.05) is 82.1 Å².